The third kappa shape index (κ3) is 5.53. The minimum absolute atomic E-state index is 0.368. The number of hydrogen-bond donors (Lipinski definition) is 1. The molecule has 2 atom stereocenters. The molecule has 16 heavy (non-hydrogen) atoms. The van der Waals surface area contributed by atoms with Crippen molar-refractivity contribution in [3.05, 3.63) is 0 Å². The van der Waals surface area contributed by atoms with Gasteiger partial charge in [-0.05, 0) is 24.7 Å². The Morgan fingerprint density at radius 3 is 2.44 bits per heavy atom. The maximum atomic E-state index is 10.5. The standard InChI is InChI=1S/C14H26O2/c1-2-3-4-5-6-12-7-8-13(11-12)9-10-14(15)16/h12-13H,2-11H2,1H3,(H,15,16). The maximum absolute atomic E-state index is 10.5. The van der Waals surface area contributed by atoms with Crippen LogP contribution < -0.4 is 0 Å². The van der Waals surface area contributed by atoms with Crippen molar-refractivity contribution < 1.29 is 9.90 Å². The fourth-order valence-electron chi connectivity index (χ4n) is 2.89. The number of carboxylic acid groups (broad SMARTS) is 1. The monoisotopic (exact) mass is 226 g/mol. The Bertz CT molecular complexity index is 201. The van der Waals surface area contributed by atoms with Gasteiger partial charge in [-0.2, -0.15) is 0 Å². The SMILES string of the molecule is CCCCCCC1CCC(CCC(=O)O)C1. The molecule has 1 aliphatic rings. The van der Waals surface area contributed by atoms with Crippen LogP contribution in [0, 0.1) is 11.8 Å². The highest BCUT2D eigenvalue weighted by molar-refractivity contribution is 5.66. The maximum Gasteiger partial charge on any atom is 0.303 e. The summed E-state index contributed by atoms with van der Waals surface area (Å²) in [5.41, 5.74) is 0. The minimum Gasteiger partial charge on any atom is -0.481 e. The van der Waals surface area contributed by atoms with E-state index in [9.17, 15) is 4.79 Å². The van der Waals surface area contributed by atoms with Crippen molar-refractivity contribution in [2.45, 2.75) is 71.1 Å². The molecule has 1 N–H and O–H groups in total. The van der Waals surface area contributed by atoms with E-state index in [1.165, 1.54) is 51.4 Å². The molecule has 0 saturated heterocycles. The molecule has 2 unspecified atom stereocenters. The highest BCUT2D eigenvalue weighted by atomic mass is 16.4. The van der Waals surface area contributed by atoms with Crippen LogP contribution in [0.25, 0.3) is 0 Å². The molecule has 0 amide bonds. The van der Waals surface area contributed by atoms with Gasteiger partial charge >= 0.3 is 5.97 Å². The number of aliphatic carboxylic acids is 1. The normalized spacial score (nSPS) is 24.8. The number of unbranched alkanes of at least 4 members (excludes halogenated alkanes) is 3. The van der Waals surface area contributed by atoms with E-state index in [-0.39, 0.29) is 0 Å². The van der Waals surface area contributed by atoms with Crippen LogP contribution in [0.1, 0.15) is 71.1 Å². The van der Waals surface area contributed by atoms with E-state index in [0.717, 1.165) is 12.3 Å². The lowest BCUT2D eigenvalue weighted by molar-refractivity contribution is -0.137. The van der Waals surface area contributed by atoms with Crippen molar-refractivity contribution in [3.8, 4) is 0 Å². The molecule has 0 bridgehead atoms. The quantitative estimate of drug-likeness (QED) is 0.629. The smallest absolute Gasteiger partial charge is 0.303 e. The molecular weight excluding hydrogens is 200 g/mol. The van der Waals surface area contributed by atoms with Crippen molar-refractivity contribution in [2.75, 3.05) is 0 Å². The van der Waals surface area contributed by atoms with Crippen LogP contribution in [0.15, 0.2) is 0 Å². The van der Waals surface area contributed by atoms with Crippen LogP contribution in [0.3, 0.4) is 0 Å². The minimum atomic E-state index is -0.633. The van der Waals surface area contributed by atoms with Gasteiger partial charge in [0.1, 0.15) is 0 Å². The molecule has 0 aliphatic heterocycles. The number of hydrogen-bond acceptors (Lipinski definition) is 1. The zero-order valence-electron chi connectivity index (χ0n) is 10.6. The number of carbonyl (C=O) groups is 1. The summed E-state index contributed by atoms with van der Waals surface area (Å²) < 4.78 is 0. The van der Waals surface area contributed by atoms with E-state index in [1.54, 1.807) is 0 Å². The first-order chi connectivity index (χ1) is 7.72. The van der Waals surface area contributed by atoms with Gasteiger partial charge in [-0.15, -0.1) is 0 Å². The molecule has 1 rings (SSSR count). The first-order valence-electron chi connectivity index (χ1n) is 6.94. The summed E-state index contributed by atoms with van der Waals surface area (Å²) in [7, 11) is 0. The molecule has 0 aromatic heterocycles. The molecule has 2 nitrogen and oxygen atoms in total. The zero-order chi connectivity index (χ0) is 11.8. The van der Waals surface area contributed by atoms with Gasteiger partial charge in [-0.3, -0.25) is 4.79 Å². The largest absolute Gasteiger partial charge is 0.481 e. The van der Waals surface area contributed by atoms with Crippen molar-refractivity contribution in [1.29, 1.82) is 0 Å². The van der Waals surface area contributed by atoms with E-state index in [4.69, 9.17) is 5.11 Å². The van der Waals surface area contributed by atoms with Gasteiger partial charge in [0.25, 0.3) is 0 Å². The van der Waals surface area contributed by atoms with Gasteiger partial charge < -0.3 is 5.11 Å². The van der Waals surface area contributed by atoms with Gasteiger partial charge in [0.2, 0.25) is 0 Å². The lowest BCUT2D eigenvalue weighted by Gasteiger charge is -2.10. The lowest BCUT2D eigenvalue weighted by atomic mass is 9.96. The van der Waals surface area contributed by atoms with Crippen LogP contribution in [0.4, 0.5) is 0 Å². The molecule has 0 aromatic carbocycles. The van der Waals surface area contributed by atoms with Crippen LogP contribution in [-0.2, 0) is 4.79 Å². The topological polar surface area (TPSA) is 37.3 Å². The Balaban J connectivity index is 2.03. The third-order valence-electron chi connectivity index (χ3n) is 3.88. The lowest BCUT2D eigenvalue weighted by Crippen LogP contribution is -2.01. The molecule has 2 heteroatoms. The van der Waals surface area contributed by atoms with E-state index in [0.29, 0.717) is 12.3 Å². The Labute approximate surface area is 99.4 Å². The highest BCUT2D eigenvalue weighted by Crippen LogP contribution is 2.36. The summed E-state index contributed by atoms with van der Waals surface area (Å²) in [4.78, 5) is 10.5. The second kappa shape index (κ2) is 7.70. The van der Waals surface area contributed by atoms with E-state index in [1.807, 2.05) is 0 Å². The molecule has 0 heterocycles. The molecule has 0 aromatic rings. The Kier molecular flexibility index (Phi) is 6.51. The Morgan fingerprint density at radius 2 is 1.81 bits per heavy atom. The fourth-order valence-corrected chi connectivity index (χ4v) is 2.89. The molecule has 1 saturated carbocycles. The summed E-state index contributed by atoms with van der Waals surface area (Å²) in [5.74, 6) is 0.967. The van der Waals surface area contributed by atoms with E-state index >= 15 is 0 Å². The fraction of sp³-hybridized carbons (Fsp3) is 0.929. The van der Waals surface area contributed by atoms with Gasteiger partial charge in [-0.1, -0.05) is 51.9 Å². The highest BCUT2D eigenvalue weighted by Gasteiger charge is 2.24. The van der Waals surface area contributed by atoms with Crippen LogP contribution in [0.5, 0.6) is 0 Å². The average Bonchev–Trinajstić information content (AvgIpc) is 2.70. The van der Waals surface area contributed by atoms with Crippen LogP contribution >= 0.6 is 0 Å². The molecule has 1 fully saturated rings. The van der Waals surface area contributed by atoms with Crippen molar-refractivity contribution >= 4 is 5.97 Å². The van der Waals surface area contributed by atoms with Crippen molar-refractivity contribution in [3.63, 3.8) is 0 Å². The molecule has 0 radical (unpaired) electrons. The van der Waals surface area contributed by atoms with E-state index < -0.39 is 5.97 Å². The third-order valence-corrected chi connectivity index (χ3v) is 3.88. The molecule has 1 aliphatic carbocycles. The second-order valence-electron chi connectivity index (χ2n) is 5.33. The van der Waals surface area contributed by atoms with E-state index in [2.05, 4.69) is 6.92 Å². The molecule has 94 valence electrons. The zero-order valence-corrected chi connectivity index (χ0v) is 10.6. The van der Waals surface area contributed by atoms with Crippen LogP contribution in [0.2, 0.25) is 0 Å². The average molecular weight is 226 g/mol. The van der Waals surface area contributed by atoms with Gasteiger partial charge in [0, 0.05) is 6.42 Å². The van der Waals surface area contributed by atoms with Crippen molar-refractivity contribution in [1.82, 2.24) is 0 Å². The predicted molar refractivity (Wildman–Crippen MR) is 66.5 cm³/mol. The van der Waals surface area contributed by atoms with Gasteiger partial charge in [0.05, 0.1) is 0 Å². The molecular formula is C14H26O2. The second-order valence-corrected chi connectivity index (χ2v) is 5.33. The Morgan fingerprint density at radius 1 is 1.12 bits per heavy atom. The van der Waals surface area contributed by atoms with Crippen LogP contribution in [-0.4, -0.2) is 11.1 Å². The first kappa shape index (κ1) is 13.5. The number of rotatable bonds is 8. The summed E-state index contributed by atoms with van der Waals surface area (Å²) in [5, 5.41) is 8.64. The molecule has 0 spiro atoms. The summed E-state index contributed by atoms with van der Waals surface area (Å²) in [6, 6.07) is 0. The summed E-state index contributed by atoms with van der Waals surface area (Å²) in [6.45, 7) is 2.25. The van der Waals surface area contributed by atoms with Gasteiger partial charge in [-0.25, -0.2) is 0 Å². The number of carboxylic acids is 1. The van der Waals surface area contributed by atoms with Gasteiger partial charge in [0.15, 0.2) is 0 Å². The first-order valence-corrected chi connectivity index (χ1v) is 6.94. The van der Waals surface area contributed by atoms with Crippen molar-refractivity contribution in [2.24, 2.45) is 11.8 Å². The summed E-state index contributed by atoms with van der Waals surface area (Å²) >= 11 is 0. The predicted octanol–water partition coefficient (Wildman–Crippen LogP) is 4.24. The summed E-state index contributed by atoms with van der Waals surface area (Å²) in [6.07, 6.45) is 12.0. The Hall–Kier alpha value is -0.530.